The summed E-state index contributed by atoms with van der Waals surface area (Å²) in [5.74, 6) is 1.79. The standard InChI is InChI=1S/C22H19N3O3S2/c1-27-17-10-6-14(12-18(17)28-2)7-11-20-23-22-25(24-20)21(26)19(30-22)13-15-4-8-16(29-3)9-5-15/h4-13H,1-3H3. The van der Waals surface area contributed by atoms with Gasteiger partial charge in [-0.2, -0.15) is 9.50 Å². The fourth-order valence-electron chi connectivity index (χ4n) is 2.90. The number of nitrogens with zero attached hydrogens (tertiary/aromatic N) is 3. The number of thiazole rings is 1. The van der Waals surface area contributed by atoms with E-state index in [2.05, 4.69) is 10.1 Å². The van der Waals surface area contributed by atoms with Gasteiger partial charge in [0.1, 0.15) is 0 Å². The van der Waals surface area contributed by atoms with Gasteiger partial charge < -0.3 is 9.47 Å². The summed E-state index contributed by atoms with van der Waals surface area (Å²) < 4.78 is 12.5. The number of hydrogen-bond acceptors (Lipinski definition) is 7. The lowest BCUT2D eigenvalue weighted by molar-refractivity contribution is 0.355. The summed E-state index contributed by atoms with van der Waals surface area (Å²) in [6.07, 6.45) is 7.54. The predicted octanol–water partition coefficient (Wildman–Crippen LogP) is 3.61. The number of methoxy groups -OCH3 is 2. The zero-order chi connectivity index (χ0) is 21.1. The minimum absolute atomic E-state index is 0.165. The lowest BCUT2D eigenvalue weighted by Crippen LogP contribution is -2.23. The molecule has 2 aromatic carbocycles. The van der Waals surface area contributed by atoms with Crippen molar-refractivity contribution in [3.8, 4) is 11.5 Å². The van der Waals surface area contributed by atoms with Crippen LogP contribution >= 0.6 is 23.1 Å². The van der Waals surface area contributed by atoms with Crippen LogP contribution in [0, 0.1) is 0 Å². The molecule has 0 saturated carbocycles. The second-order valence-corrected chi connectivity index (χ2v) is 8.19. The van der Waals surface area contributed by atoms with Crippen LogP contribution in [-0.2, 0) is 0 Å². The molecule has 0 aliphatic rings. The van der Waals surface area contributed by atoms with Gasteiger partial charge in [-0.3, -0.25) is 4.79 Å². The molecule has 0 atom stereocenters. The van der Waals surface area contributed by atoms with Crippen molar-refractivity contribution < 1.29 is 9.47 Å². The second-order valence-electron chi connectivity index (χ2n) is 6.30. The van der Waals surface area contributed by atoms with Gasteiger partial charge in [0, 0.05) is 4.90 Å². The van der Waals surface area contributed by atoms with E-state index in [1.807, 2.05) is 60.9 Å². The third-order valence-corrected chi connectivity index (χ3v) is 6.15. The van der Waals surface area contributed by atoms with Crippen molar-refractivity contribution in [2.45, 2.75) is 4.90 Å². The maximum Gasteiger partial charge on any atom is 0.291 e. The molecular formula is C22H19N3O3S2. The smallest absolute Gasteiger partial charge is 0.291 e. The number of fused-ring (bicyclic) bond motifs is 1. The molecule has 8 heteroatoms. The minimum Gasteiger partial charge on any atom is -0.493 e. The third kappa shape index (κ3) is 4.10. The Labute approximate surface area is 181 Å². The summed E-state index contributed by atoms with van der Waals surface area (Å²) in [7, 11) is 3.19. The molecule has 0 saturated heterocycles. The predicted molar refractivity (Wildman–Crippen MR) is 123 cm³/mol. The normalized spacial score (nSPS) is 12.2. The number of aromatic nitrogens is 3. The van der Waals surface area contributed by atoms with Crippen LogP contribution in [0.1, 0.15) is 17.0 Å². The van der Waals surface area contributed by atoms with Gasteiger partial charge in [-0.05, 0) is 53.8 Å². The molecule has 0 aliphatic heterocycles. The van der Waals surface area contributed by atoms with Crippen molar-refractivity contribution in [3.63, 3.8) is 0 Å². The van der Waals surface area contributed by atoms with Crippen LogP contribution in [0.4, 0.5) is 0 Å². The van der Waals surface area contributed by atoms with Crippen molar-refractivity contribution in [1.29, 1.82) is 0 Å². The fraction of sp³-hybridized carbons (Fsp3) is 0.136. The topological polar surface area (TPSA) is 65.7 Å². The van der Waals surface area contributed by atoms with Crippen LogP contribution < -0.4 is 19.6 Å². The van der Waals surface area contributed by atoms with Crippen molar-refractivity contribution in [3.05, 3.63) is 74.3 Å². The van der Waals surface area contributed by atoms with E-state index >= 15 is 0 Å². The van der Waals surface area contributed by atoms with Gasteiger partial charge in [0.05, 0.1) is 18.8 Å². The van der Waals surface area contributed by atoms with E-state index in [-0.39, 0.29) is 5.56 Å². The van der Waals surface area contributed by atoms with Crippen LogP contribution in [0.3, 0.4) is 0 Å². The molecule has 4 aromatic rings. The van der Waals surface area contributed by atoms with Crippen molar-refractivity contribution in [1.82, 2.24) is 14.6 Å². The quantitative estimate of drug-likeness (QED) is 0.430. The highest BCUT2D eigenvalue weighted by Gasteiger charge is 2.09. The number of benzene rings is 2. The second kappa shape index (κ2) is 8.73. The lowest BCUT2D eigenvalue weighted by atomic mass is 10.2. The van der Waals surface area contributed by atoms with Gasteiger partial charge in [-0.25, -0.2) is 0 Å². The highest BCUT2D eigenvalue weighted by atomic mass is 32.2. The lowest BCUT2D eigenvalue weighted by Gasteiger charge is -2.07. The SMILES string of the molecule is COc1ccc(C=Cc2nc3sc(=Cc4ccc(SC)cc4)c(=O)n3n2)cc1OC. The molecule has 4 rings (SSSR count). The maximum atomic E-state index is 12.7. The summed E-state index contributed by atoms with van der Waals surface area (Å²) >= 11 is 3.01. The Hall–Kier alpha value is -3.10. The molecule has 0 N–H and O–H groups in total. The summed E-state index contributed by atoms with van der Waals surface area (Å²) in [6, 6.07) is 13.7. The molecule has 0 spiro atoms. The molecule has 0 bridgehead atoms. The van der Waals surface area contributed by atoms with Crippen LogP contribution in [0.2, 0.25) is 0 Å². The molecule has 0 fully saturated rings. The summed E-state index contributed by atoms with van der Waals surface area (Å²) in [5.41, 5.74) is 1.72. The van der Waals surface area contributed by atoms with Gasteiger partial charge in [0.2, 0.25) is 4.96 Å². The highest BCUT2D eigenvalue weighted by molar-refractivity contribution is 7.98. The molecule has 0 radical (unpaired) electrons. The van der Waals surface area contributed by atoms with Crippen LogP contribution in [-0.4, -0.2) is 35.1 Å². The monoisotopic (exact) mass is 437 g/mol. The molecule has 30 heavy (non-hydrogen) atoms. The molecule has 2 heterocycles. The number of hydrogen-bond donors (Lipinski definition) is 0. The molecule has 6 nitrogen and oxygen atoms in total. The van der Waals surface area contributed by atoms with Gasteiger partial charge >= 0.3 is 0 Å². The van der Waals surface area contributed by atoms with Gasteiger partial charge in [-0.15, -0.1) is 16.9 Å². The first-order chi connectivity index (χ1) is 14.6. The number of thioether (sulfide) groups is 1. The van der Waals surface area contributed by atoms with E-state index in [1.54, 1.807) is 32.1 Å². The summed E-state index contributed by atoms with van der Waals surface area (Å²) in [5, 5.41) is 4.33. The Balaban J connectivity index is 1.61. The number of ether oxygens (including phenoxy) is 2. The molecule has 0 amide bonds. The van der Waals surface area contributed by atoms with Crippen LogP contribution in [0.5, 0.6) is 11.5 Å². The maximum absolute atomic E-state index is 12.7. The van der Waals surface area contributed by atoms with Crippen molar-refractivity contribution >= 4 is 46.3 Å². The zero-order valence-electron chi connectivity index (χ0n) is 16.7. The molecular weight excluding hydrogens is 418 g/mol. The zero-order valence-corrected chi connectivity index (χ0v) is 18.3. The first-order valence-electron chi connectivity index (χ1n) is 9.06. The van der Waals surface area contributed by atoms with Gasteiger partial charge in [0.15, 0.2) is 17.3 Å². The van der Waals surface area contributed by atoms with E-state index in [4.69, 9.17) is 9.47 Å². The Morgan fingerprint density at radius 1 is 1.00 bits per heavy atom. The van der Waals surface area contributed by atoms with E-state index < -0.39 is 0 Å². The summed E-state index contributed by atoms with van der Waals surface area (Å²) in [4.78, 5) is 18.9. The molecule has 2 aromatic heterocycles. The Morgan fingerprint density at radius 3 is 2.40 bits per heavy atom. The molecule has 0 unspecified atom stereocenters. The first kappa shape index (κ1) is 20.2. The van der Waals surface area contributed by atoms with Crippen molar-refractivity contribution in [2.24, 2.45) is 0 Å². The van der Waals surface area contributed by atoms with Crippen LogP contribution in [0.25, 0.3) is 23.2 Å². The van der Waals surface area contributed by atoms with Crippen molar-refractivity contribution in [2.75, 3.05) is 20.5 Å². The first-order valence-corrected chi connectivity index (χ1v) is 11.1. The van der Waals surface area contributed by atoms with E-state index in [0.29, 0.717) is 26.8 Å². The molecule has 0 aliphatic carbocycles. The fourth-order valence-corrected chi connectivity index (χ4v) is 4.22. The van der Waals surface area contributed by atoms with E-state index in [0.717, 1.165) is 11.1 Å². The highest BCUT2D eigenvalue weighted by Crippen LogP contribution is 2.28. The third-order valence-electron chi connectivity index (χ3n) is 4.44. The average molecular weight is 438 g/mol. The number of rotatable bonds is 6. The molecule has 152 valence electrons. The Morgan fingerprint density at radius 2 is 1.73 bits per heavy atom. The minimum atomic E-state index is -0.165. The van der Waals surface area contributed by atoms with Crippen LogP contribution in [0.15, 0.2) is 52.2 Å². The van der Waals surface area contributed by atoms with Gasteiger partial charge in [-0.1, -0.05) is 35.6 Å². The largest absolute Gasteiger partial charge is 0.493 e. The van der Waals surface area contributed by atoms with Gasteiger partial charge in [0.25, 0.3) is 5.56 Å². The average Bonchev–Trinajstić information content (AvgIpc) is 3.31. The Kier molecular flexibility index (Phi) is 5.87. The van der Waals surface area contributed by atoms with E-state index in [1.165, 1.54) is 20.7 Å². The van der Waals surface area contributed by atoms with E-state index in [9.17, 15) is 4.79 Å². The Bertz CT molecular complexity index is 1320. The summed E-state index contributed by atoms with van der Waals surface area (Å²) in [6.45, 7) is 0.